The molecule has 10 nitrogen and oxygen atoms in total. The molecule has 0 aliphatic rings. The van der Waals surface area contributed by atoms with Crippen LogP contribution in [0.15, 0.2) is 61.1 Å². The predicted molar refractivity (Wildman–Crippen MR) is 144 cm³/mol. The second-order valence-electron chi connectivity index (χ2n) is 9.64. The lowest BCUT2D eigenvalue weighted by Crippen LogP contribution is -2.48. The molecule has 0 saturated heterocycles. The number of benzene rings is 2. The van der Waals surface area contributed by atoms with E-state index in [0.717, 1.165) is 28.5 Å². The monoisotopic (exact) mass is 544 g/mol. The summed E-state index contributed by atoms with van der Waals surface area (Å²) >= 11 is 0. The third-order valence-corrected chi connectivity index (χ3v) is 6.48. The number of nitrogen functional groups attached to an aromatic ring is 1. The van der Waals surface area contributed by atoms with Gasteiger partial charge in [0.15, 0.2) is 11.6 Å². The Hall–Kier alpha value is -5.00. The number of rotatable bonds is 8. The fourth-order valence-electron chi connectivity index (χ4n) is 4.38. The van der Waals surface area contributed by atoms with Crippen LogP contribution in [0.25, 0.3) is 16.6 Å². The molecule has 0 fully saturated rings. The minimum Gasteiger partial charge on any atom is -0.383 e. The molecule has 4 N–H and O–H groups in total. The molecule has 204 valence electrons. The van der Waals surface area contributed by atoms with Crippen LogP contribution >= 0.6 is 0 Å². The summed E-state index contributed by atoms with van der Waals surface area (Å²) in [5.74, 6) is -2.54. The maximum atomic E-state index is 13.9. The number of pyridine rings is 1. The second kappa shape index (κ2) is 11.0. The molecule has 12 heteroatoms. The summed E-state index contributed by atoms with van der Waals surface area (Å²) in [6.45, 7) is 4.03. The quantitative estimate of drug-likeness (QED) is 0.272. The Labute approximate surface area is 227 Å². The van der Waals surface area contributed by atoms with Crippen molar-refractivity contribution in [1.82, 2.24) is 35.2 Å². The van der Waals surface area contributed by atoms with E-state index in [1.54, 1.807) is 16.8 Å². The van der Waals surface area contributed by atoms with Gasteiger partial charge in [-0.15, -0.1) is 0 Å². The lowest BCUT2D eigenvalue weighted by Gasteiger charge is -2.19. The van der Waals surface area contributed by atoms with E-state index < -0.39 is 29.5 Å². The van der Waals surface area contributed by atoms with E-state index in [1.807, 2.05) is 38.1 Å². The van der Waals surface area contributed by atoms with Crippen LogP contribution in [0.5, 0.6) is 0 Å². The minimum atomic E-state index is -1.11. The smallest absolute Gasteiger partial charge is 0.270 e. The third kappa shape index (κ3) is 5.55. The summed E-state index contributed by atoms with van der Waals surface area (Å²) in [6, 6.07) is 11.1. The third-order valence-electron chi connectivity index (χ3n) is 6.48. The number of hydrogen-bond donors (Lipinski definition) is 3. The normalized spacial score (nSPS) is 12.1. The van der Waals surface area contributed by atoms with Crippen LogP contribution < -0.4 is 16.4 Å². The van der Waals surface area contributed by atoms with Gasteiger partial charge in [0.05, 0.1) is 5.69 Å². The summed E-state index contributed by atoms with van der Waals surface area (Å²) in [5.41, 5.74) is 7.81. The summed E-state index contributed by atoms with van der Waals surface area (Å²) in [6.07, 6.45) is 2.86. The molecule has 5 rings (SSSR count). The van der Waals surface area contributed by atoms with Crippen molar-refractivity contribution in [3.63, 3.8) is 0 Å². The molecule has 2 amide bonds. The van der Waals surface area contributed by atoms with Crippen LogP contribution in [0, 0.1) is 11.6 Å². The maximum Gasteiger partial charge on any atom is 0.270 e. The fourth-order valence-corrected chi connectivity index (χ4v) is 4.38. The van der Waals surface area contributed by atoms with Crippen molar-refractivity contribution in [1.29, 1.82) is 0 Å². The molecule has 0 radical (unpaired) electrons. The Balaban J connectivity index is 1.39. The number of hydrogen-bond acceptors (Lipinski definition) is 7. The average molecular weight is 545 g/mol. The van der Waals surface area contributed by atoms with Crippen LogP contribution in [0.4, 0.5) is 14.6 Å². The van der Waals surface area contributed by atoms with Crippen molar-refractivity contribution >= 4 is 34.2 Å². The first-order valence-electron chi connectivity index (χ1n) is 12.6. The maximum absolute atomic E-state index is 13.9. The average Bonchev–Trinajstić information content (AvgIpc) is 3.41. The van der Waals surface area contributed by atoms with Crippen LogP contribution in [0.3, 0.4) is 0 Å². The number of halogens is 2. The van der Waals surface area contributed by atoms with Crippen molar-refractivity contribution in [2.75, 3.05) is 5.73 Å². The van der Waals surface area contributed by atoms with Gasteiger partial charge >= 0.3 is 0 Å². The molecule has 1 unspecified atom stereocenters. The highest BCUT2D eigenvalue weighted by Crippen LogP contribution is 2.20. The SMILES string of the molecule is CC(C)c1cc(C(=O)NC(Cc2ccc(F)c(F)c2)C(=O)NCc2ccc3c(N)nccc3c2)nc2ncnn12. The Morgan fingerprint density at radius 1 is 1.00 bits per heavy atom. The topological polar surface area (TPSA) is 140 Å². The Bertz CT molecular complexity index is 1740. The predicted octanol–water partition coefficient (Wildman–Crippen LogP) is 3.31. The van der Waals surface area contributed by atoms with E-state index in [4.69, 9.17) is 5.73 Å². The van der Waals surface area contributed by atoms with Gasteiger partial charge in [0.25, 0.3) is 11.7 Å². The number of nitrogens with one attached hydrogen (secondary N) is 2. The van der Waals surface area contributed by atoms with E-state index in [9.17, 15) is 18.4 Å². The van der Waals surface area contributed by atoms with Crippen molar-refractivity contribution in [2.45, 2.75) is 38.8 Å². The molecule has 0 bridgehead atoms. The Morgan fingerprint density at radius 3 is 2.58 bits per heavy atom. The van der Waals surface area contributed by atoms with Crippen molar-refractivity contribution < 1.29 is 18.4 Å². The number of nitrogens with two attached hydrogens (primary N) is 1. The van der Waals surface area contributed by atoms with E-state index >= 15 is 0 Å². The minimum absolute atomic E-state index is 0.00752. The number of fused-ring (bicyclic) bond motifs is 2. The van der Waals surface area contributed by atoms with Gasteiger partial charge in [-0.25, -0.2) is 23.3 Å². The van der Waals surface area contributed by atoms with Crippen molar-refractivity contribution in [3.8, 4) is 0 Å². The molecular formula is C28H26F2N8O2. The lowest BCUT2D eigenvalue weighted by atomic mass is 10.0. The zero-order valence-electron chi connectivity index (χ0n) is 21.7. The van der Waals surface area contributed by atoms with Crippen molar-refractivity contribution in [3.05, 3.63) is 95.2 Å². The first-order chi connectivity index (χ1) is 19.2. The van der Waals surface area contributed by atoms with Gasteiger partial charge in [-0.3, -0.25) is 9.59 Å². The lowest BCUT2D eigenvalue weighted by molar-refractivity contribution is -0.123. The van der Waals surface area contributed by atoms with Crippen molar-refractivity contribution in [2.24, 2.45) is 0 Å². The highest BCUT2D eigenvalue weighted by Gasteiger charge is 2.24. The molecule has 5 aromatic rings. The molecule has 3 aromatic heterocycles. The van der Waals surface area contributed by atoms with Gasteiger partial charge in [0.2, 0.25) is 5.91 Å². The summed E-state index contributed by atoms with van der Waals surface area (Å²) in [4.78, 5) is 39.1. The molecular weight excluding hydrogens is 518 g/mol. The van der Waals surface area contributed by atoms with E-state index in [-0.39, 0.29) is 30.4 Å². The molecule has 0 aliphatic heterocycles. The zero-order chi connectivity index (χ0) is 28.4. The summed E-state index contributed by atoms with van der Waals surface area (Å²) in [7, 11) is 0. The highest BCUT2D eigenvalue weighted by molar-refractivity contribution is 5.96. The highest BCUT2D eigenvalue weighted by atomic mass is 19.2. The molecule has 1 atom stereocenters. The van der Waals surface area contributed by atoms with Crippen LogP contribution in [0.1, 0.15) is 47.1 Å². The fraction of sp³-hybridized carbons (Fsp3) is 0.214. The number of carbonyl (C=O) groups is 2. The van der Waals surface area contributed by atoms with Crippen LogP contribution in [0.2, 0.25) is 0 Å². The largest absolute Gasteiger partial charge is 0.383 e. The second-order valence-corrected chi connectivity index (χ2v) is 9.64. The summed E-state index contributed by atoms with van der Waals surface area (Å²) in [5, 5.41) is 11.3. The summed E-state index contributed by atoms with van der Waals surface area (Å²) < 4.78 is 29.0. The standard InChI is InChI=1S/C28H26F2N8O2/c1-15(2)24-12-23(37-28-34-14-35-38(24)28)27(40)36-22(11-16-4-6-20(29)21(30)10-16)26(39)33-13-17-3-5-19-18(9-17)7-8-32-25(19)31/h3-10,12,14-15,22H,11,13H2,1-2H3,(H2,31,32)(H,33,39)(H,36,40). The van der Waals surface area contributed by atoms with Gasteiger partial charge in [0.1, 0.15) is 23.9 Å². The number of carbonyl (C=O) groups excluding carboxylic acids is 2. The number of nitrogens with zero attached hydrogens (tertiary/aromatic N) is 5. The van der Waals surface area contributed by atoms with E-state index in [1.165, 1.54) is 12.4 Å². The molecule has 0 saturated carbocycles. The van der Waals surface area contributed by atoms with Crippen LogP contribution in [-0.4, -0.2) is 42.4 Å². The first kappa shape index (κ1) is 26.6. The molecule has 40 heavy (non-hydrogen) atoms. The van der Waals surface area contributed by atoms with Gasteiger partial charge in [-0.2, -0.15) is 10.1 Å². The molecule has 0 aliphatic carbocycles. The van der Waals surface area contributed by atoms with E-state index in [0.29, 0.717) is 17.1 Å². The first-order valence-corrected chi connectivity index (χ1v) is 12.6. The zero-order valence-corrected chi connectivity index (χ0v) is 21.7. The van der Waals surface area contributed by atoms with Gasteiger partial charge in [-0.05, 0) is 52.8 Å². The molecule has 2 aromatic carbocycles. The number of aromatic nitrogens is 5. The number of anilines is 1. The van der Waals surface area contributed by atoms with Gasteiger partial charge in [-0.1, -0.05) is 32.0 Å². The van der Waals surface area contributed by atoms with Gasteiger partial charge < -0.3 is 16.4 Å². The Kier molecular flexibility index (Phi) is 7.32. The molecule has 3 heterocycles. The number of amides is 2. The van der Waals surface area contributed by atoms with Gasteiger partial charge in [0, 0.05) is 24.5 Å². The molecule has 0 spiro atoms. The Morgan fingerprint density at radius 2 is 1.80 bits per heavy atom. The van der Waals surface area contributed by atoms with E-state index in [2.05, 4.69) is 30.7 Å². The van der Waals surface area contributed by atoms with Crippen LogP contribution in [-0.2, 0) is 17.8 Å².